The van der Waals surface area contributed by atoms with Crippen LogP contribution in [-0.4, -0.2) is 44.3 Å². The Morgan fingerprint density at radius 3 is 2.67 bits per heavy atom. The minimum atomic E-state index is -0.0543. The molecule has 0 fully saturated rings. The molecule has 72 valence electrons. The van der Waals surface area contributed by atoms with Crippen molar-refractivity contribution in [2.75, 3.05) is 27.2 Å². The van der Waals surface area contributed by atoms with Crippen molar-refractivity contribution < 1.29 is 9.53 Å². The lowest BCUT2D eigenvalue weighted by atomic mass is 10.4. The zero-order valence-corrected chi connectivity index (χ0v) is 8.26. The molecule has 0 aromatic rings. The Morgan fingerprint density at radius 1 is 1.67 bits per heavy atom. The molecule has 0 aliphatic carbocycles. The third-order valence-corrected chi connectivity index (χ3v) is 1.76. The number of amides is 2. The molecule has 1 atom stereocenters. The molecule has 0 saturated carbocycles. The highest BCUT2D eigenvalue weighted by atomic mass is 16.5. The van der Waals surface area contributed by atoms with Crippen LogP contribution in [0.5, 0.6) is 0 Å². The largest absolute Gasteiger partial charge is 0.380 e. The number of carbonyl (C=O) groups excluding carboxylic acids is 1. The highest BCUT2D eigenvalue weighted by molar-refractivity contribution is 5.73. The molecular formula is C8H18N2O2. The molecule has 12 heavy (non-hydrogen) atoms. The van der Waals surface area contributed by atoms with E-state index in [1.165, 1.54) is 0 Å². The predicted molar refractivity (Wildman–Crippen MR) is 48.2 cm³/mol. The molecule has 0 aromatic carbocycles. The number of nitrogens with one attached hydrogen (secondary N) is 1. The SMILES string of the molecule is CCN(C)C(=O)NCC(C)OC. The lowest BCUT2D eigenvalue weighted by molar-refractivity contribution is 0.116. The van der Waals surface area contributed by atoms with Crippen molar-refractivity contribution in [3.63, 3.8) is 0 Å². The number of urea groups is 1. The second-order valence-corrected chi connectivity index (χ2v) is 2.75. The van der Waals surface area contributed by atoms with Crippen LogP contribution in [0.25, 0.3) is 0 Å². The van der Waals surface area contributed by atoms with Crippen molar-refractivity contribution in [3.8, 4) is 0 Å². The summed E-state index contributed by atoms with van der Waals surface area (Å²) in [6, 6.07) is -0.0543. The smallest absolute Gasteiger partial charge is 0.317 e. The number of ether oxygens (including phenoxy) is 1. The Morgan fingerprint density at radius 2 is 2.25 bits per heavy atom. The normalized spacial score (nSPS) is 12.3. The molecular weight excluding hydrogens is 156 g/mol. The molecule has 4 nitrogen and oxygen atoms in total. The molecule has 0 aromatic heterocycles. The lowest BCUT2D eigenvalue weighted by Crippen LogP contribution is -2.40. The first-order valence-electron chi connectivity index (χ1n) is 4.13. The molecule has 1 unspecified atom stereocenters. The van der Waals surface area contributed by atoms with E-state index in [4.69, 9.17) is 4.74 Å². The summed E-state index contributed by atoms with van der Waals surface area (Å²) in [6.45, 7) is 5.11. The van der Waals surface area contributed by atoms with E-state index < -0.39 is 0 Å². The molecule has 0 bridgehead atoms. The average Bonchev–Trinajstić information content (AvgIpc) is 2.11. The van der Waals surface area contributed by atoms with Gasteiger partial charge in [0.1, 0.15) is 0 Å². The Bertz CT molecular complexity index is 139. The van der Waals surface area contributed by atoms with Gasteiger partial charge >= 0.3 is 6.03 Å². The van der Waals surface area contributed by atoms with Gasteiger partial charge in [-0.2, -0.15) is 0 Å². The van der Waals surface area contributed by atoms with Gasteiger partial charge < -0.3 is 15.0 Å². The van der Waals surface area contributed by atoms with Gasteiger partial charge in [0, 0.05) is 27.2 Å². The monoisotopic (exact) mass is 174 g/mol. The van der Waals surface area contributed by atoms with Crippen molar-refractivity contribution in [2.24, 2.45) is 0 Å². The van der Waals surface area contributed by atoms with Gasteiger partial charge in [-0.05, 0) is 13.8 Å². The van der Waals surface area contributed by atoms with E-state index in [0.29, 0.717) is 13.1 Å². The third-order valence-electron chi connectivity index (χ3n) is 1.76. The van der Waals surface area contributed by atoms with Gasteiger partial charge in [0.2, 0.25) is 0 Å². The summed E-state index contributed by atoms with van der Waals surface area (Å²) in [5.41, 5.74) is 0. The fraction of sp³-hybridized carbons (Fsp3) is 0.875. The van der Waals surface area contributed by atoms with E-state index in [-0.39, 0.29) is 12.1 Å². The van der Waals surface area contributed by atoms with Crippen molar-refractivity contribution in [1.29, 1.82) is 0 Å². The number of nitrogens with zero attached hydrogens (tertiary/aromatic N) is 1. The quantitative estimate of drug-likeness (QED) is 0.681. The highest BCUT2D eigenvalue weighted by Gasteiger charge is 2.06. The lowest BCUT2D eigenvalue weighted by Gasteiger charge is -2.17. The standard InChI is InChI=1S/C8H18N2O2/c1-5-10(3)8(11)9-6-7(2)12-4/h7H,5-6H2,1-4H3,(H,9,11). The maximum Gasteiger partial charge on any atom is 0.317 e. The maximum absolute atomic E-state index is 11.2. The highest BCUT2D eigenvalue weighted by Crippen LogP contribution is 1.86. The number of carbonyl (C=O) groups is 1. The van der Waals surface area contributed by atoms with E-state index in [9.17, 15) is 4.79 Å². The first-order valence-corrected chi connectivity index (χ1v) is 4.13. The summed E-state index contributed by atoms with van der Waals surface area (Å²) in [4.78, 5) is 12.8. The van der Waals surface area contributed by atoms with Gasteiger partial charge in [-0.25, -0.2) is 4.79 Å². The molecule has 1 N–H and O–H groups in total. The Hall–Kier alpha value is -0.770. The van der Waals surface area contributed by atoms with Gasteiger partial charge in [-0.3, -0.25) is 0 Å². The summed E-state index contributed by atoms with van der Waals surface area (Å²) >= 11 is 0. The van der Waals surface area contributed by atoms with Crippen LogP contribution in [0.15, 0.2) is 0 Å². The molecule has 2 amide bonds. The third kappa shape index (κ3) is 4.18. The zero-order chi connectivity index (χ0) is 9.56. The summed E-state index contributed by atoms with van der Waals surface area (Å²) in [7, 11) is 3.38. The number of hydrogen-bond acceptors (Lipinski definition) is 2. The number of hydrogen-bond donors (Lipinski definition) is 1. The minimum Gasteiger partial charge on any atom is -0.380 e. The van der Waals surface area contributed by atoms with Gasteiger partial charge in [0.15, 0.2) is 0 Å². The van der Waals surface area contributed by atoms with Crippen LogP contribution in [0, 0.1) is 0 Å². The second kappa shape index (κ2) is 5.83. The molecule has 0 spiro atoms. The van der Waals surface area contributed by atoms with E-state index in [2.05, 4.69) is 5.32 Å². The number of rotatable bonds is 4. The van der Waals surface area contributed by atoms with Gasteiger partial charge in [-0.1, -0.05) is 0 Å². The average molecular weight is 174 g/mol. The Kier molecular flexibility index (Phi) is 5.45. The van der Waals surface area contributed by atoms with Crippen molar-refractivity contribution in [3.05, 3.63) is 0 Å². The van der Waals surface area contributed by atoms with Crippen LogP contribution in [0.4, 0.5) is 4.79 Å². The summed E-state index contributed by atoms with van der Waals surface area (Å²) in [5.74, 6) is 0. The van der Waals surface area contributed by atoms with Crippen LogP contribution in [0.1, 0.15) is 13.8 Å². The minimum absolute atomic E-state index is 0.0543. The predicted octanol–water partition coefficient (Wildman–Crippen LogP) is 0.683. The van der Waals surface area contributed by atoms with Crippen molar-refractivity contribution >= 4 is 6.03 Å². The van der Waals surface area contributed by atoms with Crippen LogP contribution < -0.4 is 5.32 Å². The number of methoxy groups -OCH3 is 1. The maximum atomic E-state index is 11.2. The fourth-order valence-electron chi connectivity index (χ4n) is 0.593. The van der Waals surface area contributed by atoms with Crippen LogP contribution in [0.3, 0.4) is 0 Å². The van der Waals surface area contributed by atoms with Gasteiger partial charge in [0.25, 0.3) is 0 Å². The Labute approximate surface area is 73.9 Å². The molecule has 4 heteroatoms. The molecule has 0 radical (unpaired) electrons. The summed E-state index contributed by atoms with van der Waals surface area (Å²) in [6.07, 6.45) is 0.0687. The first-order chi connectivity index (χ1) is 5.61. The Balaban J connectivity index is 3.56. The van der Waals surface area contributed by atoms with Gasteiger partial charge in [-0.15, -0.1) is 0 Å². The first kappa shape index (κ1) is 11.2. The molecule has 0 aliphatic heterocycles. The fourth-order valence-corrected chi connectivity index (χ4v) is 0.593. The topological polar surface area (TPSA) is 41.6 Å². The van der Waals surface area contributed by atoms with E-state index in [1.54, 1.807) is 19.1 Å². The zero-order valence-electron chi connectivity index (χ0n) is 8.26. The molecule has 0 saturated heterocycles. The second-order valence-electron chi connectivity index (χ2n) is 2.75. The molecule has 0 aliphatic rings. The van der Waals surface area contributed by atoms with E-state index >= 15 is 0 Å². The molecule has 0 heterocycles. The van der Waals surface area contributed by atoms with E-state index in [0.717, 1.165) is 0 Å². The van der Waals surface area contributed by atoms with E-state index in [1.807, 2.05) is 13.8 Å². The van der Waals surface area contributed by atoms with Crippen LogP contribution in [0.2, 0.25) is 0 Å². The van der Waals surface area contributed by atoms with Crippen molar-refractivity contribution in [2.45, 2.75) is 20.0 Å². The summed E-state index contributed by atoms with van der Waals surface area (Å²) in [5, 5.41) is 2.75. The van der Waals surface area contributed by atoms with Crippen LogP contribution >= 0.6 is 0 Å². The van der Waals surface area contributed by atoms with Crippen molar-refractivity contribution in [1.82, 2.24) is 10.2 Å². The van der Waals surface area contributed by atoms with Gasteiger partial charge in [0.05, 0.1) is 6.10 Å². The molecule has 0 rings (SSSR count). The van der Waals surface area contributed by atoms with Crippen LogP contribution in [-0.2, 0) is 4.74 Å². The summed E-state index contributed by atoms with van der Waals surface area (Å²) < 4.78 is 4.98.